The Bertz CT molecular complexity index is 727. The van der Waals surface area contributed by atoms with Crippen molar-refractivity contribution in [3.63, 3.8) is 0 Å². The Labute approximate surface area is 138 Å². The van der Waals surface area contributed by atoms with E-state index in [9.17, 15) is 4.79 Å². The summed E-state index contributed by atoms with van der Waals surface area (Å²) in [6, 6.07) is 9.90. The summed E-state index contributed by atoms with van der Waals surface area (Å²) in [4.78, 5) is 20.3. The quantitative estimate of drug-likeness (QED) is 0.777. The van der Waals surface area contributed by atoms with Gasteiger partial charge >= 0.3 is 6.01 Å². The third kappa shape index (κ3) is 3.79. The number of hydrogen-bond donors (Lipinski definition) is 0. The predicted molar refractivity (Wildman–Crippen MR) is 88.6 cm³/mol. The maximum Gasteiger partial charge on any atom is 0.329 e. The molecular formula is C16H16N4O2S. The summed E-state index contributed by atoms with van der Waals surface area (Å²) in [5.41, 5.74) is 0.848. The van der Waals surface area contributed by atoms with E-state index >= 15 is 0 Å². The van der Waals surface area contributed by atoms with Gasteiger partial charge in [-0.15, -0.1) is 4.37 Å². The molecule has 118 valence electrons. The molecule has 1 fully saturated rings. The number of carbonyl (C=O) groups excluding carboxylic acids is 1. The molecular weight excluding hydrogens is 312 g/mol. The molecule has 3 rings (SSSR count). The first-order chi connectivity index (χ1) is 11.3. The van der Waals surface area contributed by atoms with E-state index in [1.54, 1.807) is 12.0 Å². The largest absolute Gasteiger partial charge is 0.466 e. The first-order valence-electron chi connectivity index (χ1n) is 7.25. The van der Waals surface area contributed by atoms with Crippen LogP contribution in [0.4, 0.5) is 5.13 Å². The molecule has 1 aliphatic rings. The zero-order valence-electron chi connectivity index (χ0n) is 12.7. The van der Waals surface area contributed by atoms with Gasteiger partial charge in [-0.05, 0) is 12.1 Å². The van der Waals surface area contributed by atoms with Crippen LogP contribution in [-0.4, -0.2) is 53.5 Å². The molecule has 2 aromatic rings. The number of aromatic nitrogens is 2. The van der Waals surface area contributed by atoms with E-state index in [4.69, 9.17) is 4.74 Å². The van der Waals surface area contributed by atoms with Gasteiger partial charge in [-0.25, -0.2) is 0 Å². The van der Waals surface area contributed by atoms with Crippen molar-refractivity contribution in [2.45, 2.75) is 0 Å². The Kier molecular flexibility index (Phi) is 4.74. The summed E-state index contributed by atoms with van der Waals surface area (Å²) in [7, 11) is 1.55. The number of hydrogen-bond acceptors (Lipinski definition) is 6. The zero-order chi connectivity index (χ0) is 16.1. The molecule has 7 heteroatoms. The number of benzene rings is 1. The molecule has 0 aliphatic carbocycles. The van der Waals surface area contributed by atoms with Crippen LogP contribution in [0.25, 0.3) is 0 Å². The van der Waals surface area contributed by atoms with Gasteiger partial charge in [0.2, 0.25) is 5.13 Å². The molecule has 0 atom stereocenters. The maximum absolute atomic E-state index is 12.2. The average Bonchev–Trinajstić information content (AvgIpc) is 3.10. The van der Waals surface area contributed by atoms with Crippen molar-refractivity contribution in [2.75, 3.05) is 38.2 Å². The van der Waals surface area contributed by atoms with Crippen molar-refractivity contribution in [3.8, 4) is 17.9 Å². The maximum atomic E-state index is 12.2. The Balaban J connectivity index is 1.56. The van der Waals surface area contributed by atoms with Crippen LogP contribution >= 0.6 is 11.5 Å². The summed E-state index contributed by atoms with van der Waals surface area (Å²) in [6.07, 6.45) is 0. The smallest absolute Gasteiger partial charge is 0.329 e. The van der Waals surface area contributed by atoms with E-state index in [-0.39, 0.29) is 5.91 Å². The number of carbonyl (C=O) groups is 1. The highest BCUT2D eigenvalue weighted by molar-refractivity contribution is 7.09. The first-order valence-corrected chi connectivity index (χ1v) is 8.02. The molecule has 0 bridgehead atoms. The molecule has 6 nitrogen and oxygen atoms in total. The normalized spacial score (nSPS) is 14.1. The molecule has 0 saturated carbocycles. The number of anilines is 1. The lowest BCUT2D eigenvalue weighted by Crippen LogP contribution is -2.48. The van der Waals surface area contributed by atoms with Crippen molar-refractivity contribution in [2.24, 2.45) is 0 Å². The van der Waals surface area contributed by atoms with E-state index in [2.05, 4.69) is 26.1 Å². The van der Waals surface area contributed by atoms with Gasteiger partial charge in [0.05, 0.1) is 7.11 Å². The predicted octanol–water partition coefficient (Wildman–Crippen LogP) is 1.25. The third-order valence-corrected chi connectivity index (χ3v) is 4.26. The Hall–Kier alpha value is -2.59. The second-order valence-electron chi connectivity index (χ2n) is 4.96. The fraction of sp³-hybridized carbons (Fsp3) is 0.312. The summed E-state index contributed by atoms with van der Waals surface area (Å²) in [5.74, 6) is 5.48. The molecule has 0 unspecified atom stereocenters. The highest BCUT2D eigenvalue weighted by Gasteiger charge is 2.22. The van der Waals surface area contributed by atoms with E-state index in [1.165, 1.54) is 11.5 Å². The van der Waals surface area contributed by atoms with Gasteiger partial charge in [-0.1, -0.05) is 24.1 Å². The van der Waals surface area contributed by atoms with Crippen LogP contribution in [0.5, 0.6) is 6.01 Å². The summed E-state index contributed by atoms with van der Waals surface area (Å²) < 4.78 is 9.09. The van der Waals surface area contributed by atoms with Gasteiger partial charge in [0.25, 0.3) is 5.91 Å². The van der Waals surface area contributed by atoms with Crippen molar-refractivity contribution in [3.05, 3.63) is 35.9 Å². The highest BCUT2D eigenvalue weighted by Crippen LogP contribution is 2.21. The summed E-state index contributed by atoms with van der Waals surface area (Å²) in [6.45, 7) is 2.70. The summed E-state index contributed by atoms with van der Waals surface area (Å²) >= 11 is 1.31. The third-order valence-electron chi connectivity index (χ3n) is 3.50. The lowest BCUT2D eigenvalue weighted by atomic mass is 10.2. The van der Waals surface area contributed by atoms with Crippen molar-refractivity contribution in [1.29, 1.82) is 0 Å². The molecule has 2 heterocycles. The topological polar surface area (TPSA) is 58.6 Å². The van der Waals surface area contributed by atoms with Crippen molar-refractivity contribution < 1.29 is 9.53 Å². The first kappa shape index (κ1) is 15.3. The van der Waals surface area contributed by atoms with Gasteiger partial charge in [0.1, 0.15) is 0 Å². The molecule has 1 aromatic carbocycles. The zero-order valence-corrected chi connectivity index (χ0v) is 13.5. The van der Waals surface area contributed by atoms with Gasteiger partial charge in [-0.2, -0.15) is 4.98 Å². The van der Waals surface area contributed by atoms with Crippen LogP contribution in [0, 0.1) is 11.8 Å². The van der Waals surface area contributed by atoms with Crippen LogP contribution in [-0.2, 0) is 4.79 Å². The highest BCUT2D eigenvalue weighted by atomic mass is 32.1. The van der Waals surface area contributed by atoms with Gasteiger partial charge in [0, 0.05) is 49.2 Å². The molecule has 0 N–H and O–H groups in total. The summed E-state index contributed by atoms with van der Waals surface area (Å²) in [5, 5.41) is 0.823. The second kappa shape index (κ2) is 7.11. The van der Waals surface area contributed by atoms with E-state index in [0.29, 0.717) is 19.1 Å². The van der Waals surface area contributed by atoms with Crippen LogP contribution in [0.3, 0.4) is 0 Å². The molecule has 1 saturated heterocycles. The number of nitrogens with zero attached hydrogens (tertiary/aromatic N) is 4. The van der Waals surface area contributed by atoms with E-state index in [0.717, 1.165) is 23.8 Å². The minimum absolute atomic E-state index is 0.136. The van der Waals surface area contributed by atoms with Crippen LogP contribution in [0.1, 0.15) is 5.56 Å². The lowest BCUT2D eigenvalue weighted by Gasteiger charge is -2.33. The van der Waals surface area contributed by atoms with Gasteiger partial charge in [-0.3, -0.25) is 4.79 Å². The molecule has 1 aliphatic heterocycles. The van der Waals surface area contributed by atoms with Gasteiger partial charge < -0.3 is 14.5 Å². The number of piperazine rings is 1. The number of methoxy groups -OCH3 is 1. The van der Waals surface area contributed by atoms with E-state index < -0.39 is 0 Å². The Morgan fingerprint density at radius 1 is 1.22 bits per heavy atom. The average molecular weight is 328 g/mol. The fourth-order valence-electron chi connectivity index (χ4n) is 2.24. The van der Waals surface area contributed by atoms with E-state index in [1.807, 2.05) is 30.3 Å². The Morgan fingerprint density at radius 2 is 1.96 bits per heavy atom. The SMILES string of the molecule is COc1nsc(N2CCN(C(=O)C#Cc3ccccc3)CC2)n1. The lowest BCUT2D eigenvalue weighted by molar-refractivity contribution is -0.125. The van der Waals surface area contributed by atoms with Crippen LogP contribution in [0.2, 0.25) is 0 Å². The van der Waals surface area contributed by atoms with Crippen molar-refractivity contribution >= 4 is 22.6 Å². The Morgan fingerprint density at radius 3 is 2.61 bits per heavy atom. The minimum atomic E-state index is -0.136. The molecule has 1 amide bonds. The van der Waals surface area contributed by atoms with Crippen molar-refractivity contribution in [1.82, 2.24) is 14.3 Å². The molecule has 0 radical (unpaired) electrons. The second-order valence-corrected chi connectivity index (χ2v) is 5.69. The number of ether oxygens (including phenoxy) is 1. The monoisotopic (exact) mass is 328 g/mol. The molecule has 23 heavy (non-hydrogen) atoms. The molecule has 1 aromatic heterocycles. The number of rotatable bonds is 2. The molecule has 0 spiro atoms. The van der Waals surface area contributed by atoms with Gasteiger partial charge in [0.15, 0.2) is 0 Å². The van der Waals surface area contributed by atoms with Crippen LogP contribution in [0.15, 0.2) is 30.3 Å². The minimum Gasteiger partial charge on any atom is -0.466 e. The number of amides is 1. The standard InChI is InChI=1S/C16H16N4O2S/c1-22-15-17-16(23-18-15)20-11-9-19(10-12-20)14(21)8-7-13-5-3-2-4-6-13/h2-6H,9-12H2,1H3. The van der Waals surface area contributed by atoms with Crippen LogP contribution < -0.4 is 9.64 Å². The fourth-order valence-corrected chi connectivity index (χ4v) is 2.93.